The average Bonchev–Trinajstić information content (AvgIpc) is 2.70. The molecule has 1 unspecified atom stereocenters. The van der Waals surface area contributed by atoms with Crippen LogP contribution >= 0.6 is 11.3 Å². The van der Waals surface area contributed by atoms with Crippen LogP contribution in [0, 0.1) is 0 Å². The first kappa shape index (κ1) is 13.1. The average molecular weight is 278 g/mol. The molecule has 2 heterocycles. The second-order valence-corrected chi connectivity index (χ2v) is 6.81. The highest BCUT2D eigenvalue weighted by molar-refractivity contribution is 7.14. The fraction of sp³-hybridized carbons (Fsp3) is 0.667. The predicted molar refractivity (Wildman–Crippen MR) is 78.9 cm³/mol. The fourth-order valence-electron chi connectivity index (χ4n) is 3.06. The van der Waals surface area contributed by atoms with Gasteiger partial charge in [0, 0.05) is 30.6 Å². The van der Waals surface area contributed by atoms with Gasteiger partial charge in [0.25, 0.3) is 5.91 Å². The Morgan fingerprint density at radius 1 is 1.37 bits per heavy atom. The Bertz CT molecular complexity index is 445. The summed E-state index contributed by atoms with van der Waals surface area (Å²) in [4.78, 5) is 17.1. The third-order valence-corrected chi connectivity index (χ3v) is 5.44. The lowest BCUT2D eigenvalue weighted by Gasteiger charge is -2.33. The van der Waals surface area contributed by atoms with Crippen LogP contribution in [0.4, 0.5) is 0 Å². The van der Waals surface area contributed by atoms with Crippen molar-refractivity contribution in [1.29, 1.82) is 0 Å². The summed E-state index contributed by atoms with van der Waals surface area (Å²) in [5.74, 6) is 0.243. The molecule has 1 aliphatic heterocycles. The molecule has 1 aromatic heterocycles. The summed E-state index contributed by atoms with van der Waals surface area (Å²) < 4.78 is 0. The van der Waals surface area contributed by atoms with Crippen molar-refractivity contribution in [3.05, 3.63) is 21.4 Å². The SMILES string of the molecule is CC1CNCCN1C(=O)c1cc2c(s1)CCCCC2. The summed E-state index contributed by atoms with van der Waals surface area (Å²) in [5.41, 5.74) is 1.44. The van der Waals surface area contributed by atoms with E-state index >= 15 is 0 Å². The van der Waals surface area contributed by atoms with Crippen LogP contribution < -0.4 is 5.32 Å². The first-order chi connectivity index (χ1) is 9.25. The van der Waals surface area contributed by atoms with E-state index in [0.717, 1.165) is 30.9 Å². The maximum absolute atomic E-state index is 12.6. The van der Waals surface area contributed by atoms with Crippen molar-refractivity contribution in [3.8, 4) is 0 Å². The Hall–Kier alpha value is -0.870. The van der Waals surface area contributed by atoms with Crippen LogP contribution in [0.5, 0.6) is 0 Å². The smallest absolute Gasteiger partial charge is 0.264 e. The zero-order chi connectivity index (χ0) is 13.2. The highest BCUT2D eigenvalue weighted by Crippen LogP contribution is 2.30. The number of carbonyl (C=O) groups excluding carboxylic acids is 1. The van der Waals surface area contributed by atoms with Crippen molar-refractivity contribution in [3.63, 3.8) is 0 Å². The van der Waals surface area contributed by atoms with Gasteiger partial charge in [0.1, 0.15) is 0 Å². The number of piperazine rings is 1. The van der Waals surface area contributed by atoms with Crippen LogP contribution in [0.25, 0.3) is 0 Å². The molecule has 104 valence electrons. The van der Waals surface area contributed by atoms with Gasteiger partial charge in [-0.25, -0.2) is 0 Å². The topological polar surface area (TPSA) is 32.3 Å². The van der Waals surface area contributed by atoms with E-state index in [2.05, 4.69) is 18.3 Å². The monoisotopic (exact) mass is 278 g/mol. The molecule has 4 heteroatoms. The Morgan fingerprint density at radius 3 is 3.05 bits per heavy atom. The number of carbonyl (C=O) groups is 1. The van der Waals surface area contributed by atoms with Crippen molar-refractivity contribution >= 4 is 17.2 Å². The predicted octanol–water partition coefficient (Wildman–Crippen LogP) is 2.45. The number of amides is 1. The van der Waals surface area contributed by atoms with Gasteiger partial charge in [-0.3, -0.25) is 4.79 Å². The van der Waals surface area contributed by atoms with Gasteiger partial charge in [-0.2, -0.15) is 0 Å². The van der Waals surface area contributed by atoms with Crippen molar-refractivity contribution in [2.45, 2.75) is 45.1 Å². The van der Waals surface area contributed by atoms with E-state index in [1.807, 2.05) is 4.90 Å². The zero-order valence-corrected chi connectivity index (χ0v) is 12.4. The lowest BCUT2D eigenvalue weighted by atomic mass is 10.1. The molecule has 0 radical (unpaired) electrons. The molecular formula is C15H22N2OS. The van der Waals surface area contributed by atoms with Crippen LogP contribution in [0.15, 0.2) is 6.07 Å². The van der Waals surface area contributed by atoms with E-state index in [4.69, 9.17) is 0 Å². The summed E-state index contributed by atoms with van der Waals surface area (Å²) in [6.07, 6.45) is 6.23. The lowest BCUT2D eigenvalue weighted by Crippen LogP contribution is -2.52. The first-order valence-corrected chi connectivity index (χ1v) is 8.20. The molecule has 2 aliphatic rings. The van der Waals surface area contributed by atoms with Crippen LogP contribution in [-0.2, 0) is 12.8 Å². The van der Waals surface area contributed by atoms with Gasteiger partial charge in [0.05, 0.1) is 4.88 Å². The third kappa shape index (κ3) is 2.70. The normalized spacial score (nSPS) is 23.8. The molecule has 1 amide bonds. The van der Waals surface area contributed by atoms with E-state index in [0.29, 0.717) is 6.04 Å². The lowest BCUT2D eigenvalue weighted by molar-refractivity contribution is 0.0660. The van der Waals surface area contributed by atoms with Crippen LogP contribution in [0.3, 0.4) is 0 Å². The molecule has 1 aromatic rings. The second-order valence-electron chi connectivity index (χ2n) is 5.67. The zero-order valence-electron chi connectivity index (χ0n) is 11.6. The number of hydrogen-bond acceptors (Lipinski definition) is 3. The summed E-state index contributed by atoms with van der Waals surface area (Å²) in [6.45, 7) is 4.79. The summed E-state index contributed by atoms with van der Waals surface area (Å²) in [5, 5.41) is 3.34. The molecule has 3 nitrogen and oxygen atoms in total. The van der Waals surface area contributed by atoms with E-state index in [1.54, 1.807) is 11.3 Å². The van der Waals surface area contributed by atoms with Crippen molar-refractivity contribution in [2.75, 3.05) is 19.6 Å². The number of hydrogen-bond donors (Lipinski definition) is 1. The highest BCUT2D eigenvalue weighted by Gasteiger charge is 2.26. The minimum Gasteiger partial charge on any atom is -0.333 e. The molecule has 0 bridgehead atoms. The van der Waals surface area contributed by atoms with Crippen LogP contribution in [-0.4, -0.2) is 36.5 Å². The molecule has 1 saturated heterocycles. The highest BCUT2D eigenvalue weighted by atomic mass is 32.1. The molecule has 1 atom stereocenters. The van der Waals surface area contributed by atoms with Crippen LogP contribution in [0.1, 0.15) is 46.3 Å². The number of fused-ring (bicyclic) bond motifs is 1. The number of nitrogens with zero attached hydrogens (tertiary/aromatic N) is 1. The standard InChI is InChI=1S/C15H22N2OS/c1-11-10-16-7-8-17(11)15(18)14-9-12-5-3-2-4-6-13(12)19-14/h9,11,16H,2-8,10H2,1H3. The maximum Gasteiger partial charge on any atom is 0.264 e. The second kappa shape index (κ2) is 5.63. The van der Waals surface area contributed by atoms with E-state index < -0.39 is 0 Å². The minimum absolute atomic E-state index is 0.243. The van der Waals surface area contributed by atoms with E-state index in [1.165, 1.54) is 36.1 Å². The number of nitrogens with one attached hydrogen (secondary N) is 1. The molecular weight excluding hydrogens is 256 g/mol. The third-order valence-electron chi connectivity index (χ3n) is 4.22. The Kier molecular flexibility index (Phi) is 3.89. The van der Waals surface area contributed by atoms with Gasteiger partial charge in [-0.05, 0) is 44.2 Å². The summed E-state index contributed by atoms with van der Waals surface area (Å²) in [7, 11) is 0. The minimum atomic E-state index is 0.243. The van der Waals surface area contributed by atoms with Gasteiger partial charge in [0.2, 0.25) is 0 Å². The molecule has 19 heavy (non-hydrogen) atoms. The molecule has 0 spiro atoms. The van der Waals surface area contributed by atoms with Crippen LogP contribution in [0.2, 0.25) is 0 Å². The Morgan fingerprint density at radius 2 is 2.21 bits per heavy atom. The molecule has 1 N–H and O–H groups in total. The van der Waals surface area contributed by atoms with Gasteiger partial charge in [0.15, 0.2) is 0 Å². The summed E-state index contributed by atoms with van der Waals surface area (Å²) >= 11 is 1.74. The molecule has 1 aliphatic carbocycles. The van der Waals surface area contributed by atoms with Gasteiger partial charge in [-0.1, -0.05) is 6.42 Å². The van der Waals surface area contributed by atoms with Gasteiger partial charge < -0.3 is 10.2 Å². The summed E-state index contributed by atoms with van der Waals surface area (Å²) in [6, 6.07) is 2.48. The quantitative estimate of drug-likeness (QED) is 0.800. The van der Waals surface area contributed by atoms with E-state index in [-0.39, 0.29) is 5.91 Å². The molecule has 0 aromatic carbocycles. The molecule has 0 saturated carbocycles. The van der Waals surface area contributed by atoms with Crippen molar-refractivity contribution in [1.82, 2.24) is 10.2 Å². The number of rotatable bonds is 1. The van der Waals surface area contributed by atoms with Gasteiger partial charge >= 0.3 is 0 Å². The number of thiophene rings is 1. The maximum atomic E-state index is 12.6. The molecule has 1 fully saturated rings. The van der Waals surface area contributed by atoms with Crippen molar-refractivity contribution < 1.29 is 4.79 Å². The van der Waals surface area contributed by atoms with Crippen molar-refractivity contribution in [2.24, 2.45) is 0 Å². The van der Waals surface area contributed by atoms with E-state index in [9.17, 15) is 4.79 Å². The number of aryl methyl sites for hydroxylation is 2. The fourth-order valence-corrected chi connectivity index (χ4v) is 4.27. The molecule has 3 rings (SSSR count). The Labute approximate surface area is 119 Å². The van der Waals surface area contributed by atoms with Gasteiger partial charge in [-0.15, -0.1) is 11.3 Å². The largest absolute Gasteiger partial charge is 0.333 e. The Balaban J connectivity index is 1.80. The first-order valence-electron chi connectivity index (χ1n) is 7.39.